The fourth-order valence-corrected chi connectivity index (χ4v) is 3.36. The van der Waals surface area contributed by atoms with Gasteiger partial charge in [0.15, 0.2) is 5.17 Å². The summed E-state index contributed by atoms with van der Waals surface area (Å²) in [5, 5.41) is 10.8. The summed E-state index contributed by atoms with van der Waals surface area (Å²) >= 11 is 1.74. The van der Waals surface area contributed by atoms with Crippen LogP contribution in [0.25, 0.3) is 0 Å². The maximum atomic E-state index is 9.76. The Morgan fingerprint density at radius 3 is 2.94 bits per heavy atom. The van der Waals surface area contributed by atoms with Crippen LogP contribution in [-0.2, 0) is 0 Å². The minimum absolute atomic E-state index is 0.290. The summed E-state index contributed by atoms with van der Waals surface area (Å²) in [6, 6.07) is 10.7. The van der Waals surface area contributed by atoms with E-state index >= 15 is 0 Å². The molecule has 2 heterocycles. The second kappa shape index (κ2) is 4.11. The van der Waals surface area contributed by atoms with Crippen molar-refractivity contribution in [2.45, 2.75) is 18.7 Å². The molecule has 0 amide bonds. The quantitative estimate of drug-likeness (QED) is 0.805. The third-order valence-corrected chi connectivity index (χ3v) is 4.05. The van der Waals surface area contributed by atoms with Gasteiger partial charge in [-0.2, -0.15) is 0 Å². The van der Waals surface area contributed by atoms with Crippen LogP contribution >= 0.6 is 11.8 Å². The Kier molecular flexibility index (Phi) is 2.61. The summed E-state index contributed by atoms with van der Waals surface area (Å²) in [6.45, 7) is 1.04. The number of hydrogen-bond donors (Lipinski definition) is 1. The Balaban J connectivity index is 1.94. The normalized spacial score (nSPS) is 28.8. The zero-order chi connectivity index (χ0) is 11.0. The van der Waals surface area contributed by atoms with Crippen molar-refractivity contribution in [3.63, 3.8) is 0 Å². The molecule has 1 saturated heterocycles. The van der Waals surface area contributed by atoms with Crippen molar-refractivity contribution >= 4 is 16.9 Å². The molecule has 2 aliphatic heterocycles. The number of rotatable bonds is 1. The van der Waals surface area contributed by atoms with E-state index < -0.39 is 6.23 Å². The largest absolute Gasteiger partial charge is 0.372 e. The number of thioether (sulfide) groups is 1. The van der Waals surface area contributed by atoms with Gasteiger partial charge in [0.25, 0.3) is 0 Å². The molecule has 1 N–H and O–H groups in total. The van der Waals surface area contributed by atoms with Gasteiger partial charge in [-0.25, -0.2) is 4.99 Å². The smallest absolute Gasteiger partial charge is 0.162 e. The van der Waals surface area contributed by atoms with Gasteiger partial charge in [-0.05, 0) is 5.56 Å². The van der Waals surface area contributed by atoms with E-state index in [1.165, 1.54) is 5.56 Å². The lowest BCUT2D eigenvalue weighted by molar-refractivity contribution is 0.123. The first-order chi connectivity index (χ1) is 7.84. The fraction of sp³-hybridized carbons (Fsp3) is 0.417. The molecule has 1 aromatic rings. The number of hydrogen-bond acceptors (Lipinski definition) is 4. The van der Waals surface area contributed by atoms with Crippen molar-refractivity contribution in [1.29, 1.82) is 0 Å². The number of fused-ring (bicyclic) bond motifs is 1. The van der Waals surface area contributed by atoms with Gasteiger partial charge in [0, 0.05) is 18.7 Å². The van der Waals surface area contributed by atoms with Gasteiger partial charge in [-0.15, -0.1) is 0 Å². The highest BCUT2D eigenvalue weighted by atomic mass is 32.2. The van der Waals surface area contributed by atoms with Gasteiger partial charge >= 0.3 is 0 Å². The van der Waals surface area contributed by atoms with Gasteiger partial charge < -0.3 is 10.0 Å². The van der Waals surface area contributed by atoms with Crippen LogP contribution in [0.4, 0.5) is 0 Å². The average molecular weight is 234 g/mol. The number of nitrogens with zero attached hydrogens (tertiary/aromatic N) is 2. The SMILES string of the molecule is O[C@@H]1C[C@H](c2ccccc2)N2CCSC2=N1. The Morgan fingerprint density at radius 2 is 2.12 bits per heavy atom. The van der Waals surface area contributed by atoms with Crippen LogP contribution in [0, 0.1) is 0 Å². The van der Waals surface area contributed by atoms with E-state index in [2.05, 4.69) is 34.2 Å². The topological polar surface area (TPSA) is 35.8 Å². The van der Waals surface area contributed by atoms with Gasteiger partial charge in [-0.1, -0.05) is 42.1 Å². The Bertz CT molecular complexity index is 407. The Labute approximate surface area is 99.2 Å². The monoisotopic (exact) mass is 234 g/mol. The molecule has 84 valence electrons. The van der Waals surface area contributed by atoms with Crippen LogP contribution in [0.1, 0.15) is 18.0 Å². The van der Waals surface area contributed by atoms with E-state index in [0.29, 0.717) is 12.5 Å². The zero-order valence-electron chi connectivity index (χ0n) is 8.91. The molecule has 1 fully saturated rings. The summed E-state index contributed by atoms with van der Waals surface area (Å²) in [6.07, 6.45) is 0.163. The highest BCUT2D eigenvalue weighted by Crippen LogP contribution is 2.36. The highest BCUT2D eigenvalue weighted by molar-refractivity contribution is 8.14. The second-order valence-electron chi connectivity index (χ2n) is 4.10. The van der Waals surface area contributed by atoms with Gasteiger partial charge in [-0.3, -0.25) is 0 Å². The lowest BCUT2D eigenvalue weighted by Gasteiger charge is -2.34. The molecule has 0 aliphatic carbocycles. The van der Waals surface area contributed by atoms with Crippen LogP contribution < -0.4 is 0 Å². The zero-order valence-corrected chi connectivity index (χ0v) is 9.73. The molecule has 16 heavy (non-hydrogen) atoms. The summed E-state index contributed by atoms with van der Waals surface area (Å²) in [5.41, 5.74) is 1.27. The summed E-state index contributed by atoms with van der Waals surface area (Å²) < 4.78 is 0. The average Bonchev–Trinajstić information content (AvgIpc) is 2.77. The van der Waals surface area contributed by atoms with E-state index in [9.17, 15) is 5.11 Å². The van der Waals surface area contributed by atoms with Crippen molar-refractivity contribution in [2.24, 2.45) is 4.99 Å². The summed E-state index contributed by atoms with van der Waals surface area (Å²) in [5.74, 6) is 1.08. The van der Waals surface area contributed by atoms with E-state index in [-0.39, 0.29) is 0 Å². The first kappa shape index (κ1) is 10.2. The molecule has 2 aliphatic rings. The number of amidine groups is 1. The van der Waals surface area contributed by atoms with Crippen LogP contribution in [0.15, 0.2) is 35.3 Å². The maximum Gasteiger partial charge on any atom is 0.162 e. The van der Waals surface area contributed by atoms with E-state index in [1.807, 2.05) is 6.07 Å². The third-order valence-electron chi connectivity index (χ3n) is 3.06. The summed E-state index contributed by atoms with van der Waals surface area (Å²) in [7, 11) is 0. The second-order valence-corrected chi connectivity index (χ2v) is 5.16. The van der Waals surface area contributed by atoms with Crippen LogP contribution in [0.5, 0.6) is 0 Å². The Hall–Kier alpha value is -1.00. The van der Waals surface area contributed by atoms with Crippen LogP contribution in [0.3, 0.4) is 0 Å². The molecule has 0 radical (unpaired) electrons. The maximum absolute atomic E-state index is 9.76. The molecule has 2 atom stereocenters. The molecule has 3 nitrogen and oxygen atoms in total. The van der Waals surface area contributed by atoms with Gasteiger partial charge in [0.2, 0.25) is 0 Å². The molecular weight excluding hydrogens is 220 g/mol. The van der Waals surface area contributed by atoms with Crippen molar-refractivity contribution in [2.75, 3.05) is 12.3 Å². The van der Waals surface area contributed by atoms with Crippen molar-refractivity contribution in [3.05, 3.63) is 35.9 Å². The minimum Gasteiger partial charge on any atom is -0.372 e. The van der Waals surface area contributed by atoms with Crippen molar-refractivity contribution < 1.29 is 5.11 Å². The van der Waals surface area contributed by atoms with Gasteiger partial charge in [0.05, 0.1) is 6.04 Å². The predicted molar refractivity (Wildman–Crippen MR) is 66.4 cm³/mol. The van der Waals surface area contributed by atoms with Crippen LogP contribution in [0.2, 0.25) is 0 Å². The molecule has 0 unspecified atom stereocenters. The van der Waals surface area contributed by atoms with Crippen molar-refractivity contribution in [3.8, 4) is 0 Å². The number of aliphatic hydroxyl groups excluding tert-OH is 1. The van der Waals surface area contributed by atoms with E-state index in [4.69, 9.17) is 0 Å². The predicted octanol–water partition coefficient (Wildman–Crippen LogP) is 1.85. The first-order valence-corrected chi connectivity index (χ1v) is 6.53. The van der Waals surface area contributed by atoms with Crippen molar-refractivity contribution in [1.82, 2.24) is 4.90 Å². The molecule has 0 aromatic heterocycles. The number of benzene rings is 1. The highest BCUT2D eigenvalue weighted by Gasteiger charge is 2.33. The standard InChI is InChI=1S/C12H14N2OS/c15-11-8-10(9-4-2-1-3-5-9)14-6-7-16-12(14)13-11/h1-5,10-11,15H,6-8H2/t10-,11-/m1/s1. The van der Waals surface area contributed by atoms with Gasteiger partial charge in [0.1, 0.15) is 6.23 Å². The lowest BCUT2D eigenvalue weighted by Crippen LogP contribution is -2.36. The summed E-state index contributed by atoms with van der Waals surface area (Å²) in [4.78, 5) is 6.59. The van der Waals surface area contributed by atoms with E-state index in [0.717, 1.165) is 17.5 Å². The Morgan fingerprint density at radius 1 is 1.31 bits per heavy atom. The molecular formula is C12H14N2OS. The first-order valence-electron chi connectivity index (χ1n) is 5.55. The minimum atomic E-state index is -0.540. The fourth-order valence-electron chi connectivity index (χ4n) is 2.31. The lowest BCUT2D eigenvalue weighted by atomic mass is 10.0. The molecule has 4 heteroatoms. The molecule has 0 saturated carbocycles. The van der Waals surface area contributed by atoms with Crippen LogP contribution in [-0.4, -0.2) is 33.7 Å². The third kappa shape index (κ3) is 1.72. The molecule has 0 bridgehead atoms. The molecule has 1 aromatic carbocycles. The van der Waals surface area contributed by atoms with E-state index in [1.54, 1.807) is 11.8 Å². The molecule has 0 spiro atoms. The molecule has 3 rings (SSSR count). The number of aliphatic imine (C=N–C) groups is 1. The number of aliphatic hydroxyl groups is 1.